The topological polar surface area (TPSA) is 33.7 Å². The smallest absolute Gasteiger partial charge is 0.0630 e. The third kappa shape index (κ3) is 4.37. The molecule has 0 bridgehead atoms. The summed E-state index contributed by atoms with van der Waals surface area (Å²) in [5, 5.41) is 3.24. The van der Waals surface area contributed by atoms with Gasteiger partial charge in [0.05, 0.1) is 13.2 Å². The van der Waals surface area contributed by atoms with E-state index >= 15 is 0 Å². The molecule has 1 aliphatic rings. The van der Waals surface area contributed by atoms with Crippen LogP contribution in [0.5, 0.6) is 0 Å². The molecule has 0 spiro atoms. The monoisotopic (exact) mass is 230 g/mol. The Morgan fingerprint density at radius 1 is 1.38 bits per heavy atom. The van der Waals surface area contributed by atoms with E-state index in [9.17, 15) is 0 Å². The second-order valence-corrected chi connectivity index (χ2v) is 4.63. The molecule has 0 radical (unpaired) electrons. The van der Waals surface area contributed by atoms with Gasteiger partial charge in [-0.25, -0.2) is 0 Å². The average Bonchev–Trinajstić information content (AvgIpc) is 2.30. The Balaban J connectivity index is 2.42. The lowest BCUT2D eigenvalue weighted by Gasteiger charge is -2.37. The van der Waals surface area contributed by atoms with Gasteiger partial charge < -0.3 is 14.8 Å². The Kier molecular flexibility index (Phi) is 6.96. The molecular formula is C12H26N2O2. The second-order valence-electron chi connectivity index (χ2n) is 4.63. The van der Waals surface area contributed by atoms with Crippen LogP contribution in [0, 0.1) is 5.92 Å². The maximum Gasteiger partial charge on any atom is 0.0630 e. The van der Waals surface area contributed by atoms with Crippen LogP contribution < -0.4 is 5.32 Å². The van der Waals surface area contributed by atoms with E-state index < -0.39 is 0 Å². The highest BCUT2D eigenvalue weighted by Gasteiger charge is 2.25. The first-order valence-electron chi connectivity index (χ1n) is 6.18. The Hall–Kier alpha value is -0.160. The summed E-state index contributed by atoms with van der Waals surface area (Å²) in [5.74, 6) is 0.690. The Morgan fingerprint density at radius 3 is 2.81 bits per heavy atom. The second kappa shape index (κ2) is 8.01. The summed E-state index contributed by atoms with van der Waals surface area (Å²) in [6.45, 7) is 5.02. The van der Waals surface area contributed by atoms with Crippen LogP contribution in [-0.4, -0.2) is 65.1 Å². The molecule has 1 N–H and O–H groups in total. The van der Waals surface area contributed by atoms with Gasteiger partial charge in [0.15, 0.2) is 0 Å². The average molecular weight is 230 g/mol. The van der Waals surface area contributed by atoms with Crippen LogP contribution in [-0.2, 0) is 9.47 Å². The molecule has 2 atom stereocenters. The molecule has 1 aliphatic heterocycles. The molecule has 0 aromatic heterocycles. The van der Waals surface area contributed by atoms with Crippen LogP contribution in [0.25, 0.3) is 0 Å². The Morgan fingerprint density at radius 2 is 2.19 bits per heavy atom. The molecule has 1 saturated heterocycles. The number of likely N-dealkylation sites (tertiary alicyclic amines) is 1. The molecule has 4 nitrogen and oxygen atoms in total. The molecule has 96 valence electrons. The van der Waals surface area contributed by atoms with Gasteiger partial charge in [-0.15, -0.1) is 0 Å². The zero-order chi connectivity index (χ0) is 11.8. The van der Waals surface area contributed by atoms with E-state index in [-0.39, 0.29) is 0 Å². The molecular weight excluding hydrogens is 204 g/mol. The molecule has 1 rings (SSSR count). The summed E-state index contributed by atoms with van der Waals surface area (Å²) in [4.78, 5) is 2.53. The van der Waals surface area contributed by atoms with Gasteiger partial charge in [-0.2, -0.15) is 0 Å². The van der Waals surface area contributed by atoms with Gasteiger partial charge in [-0.05, 0) is 32.4 Å². The standard InChI is InChI=1S/C12H26N2O2/c1-13-7-12(10-16-3)14-6-4-5-11(8-14)9-15-2/h11-13H,4-10H2,1-3H3. The number of rotatable bonds is 7. The summed E-state index contributed by atoms with van der Waals surface area (Å²) in [7, 11) is 5.57. The van der Waals surface area contributed by atoms with Crippen molar-refractivity contribution >= 4 is 0 Å². The lowest BCUT2D eigenvalue weighted by Crippen LogP contribution is -2.49. The molecule has 4 heteroatoms. The highest BCUT2D eigenvalue weighted by atomic mass is 16.5. The van der Waals surface area contributed by atoms with Gasteiger partial charge in [0.25, 0.3) is 0 Å². The molecule has 0 aromatic carbocycles. The number of likely N-dealkylation sites (N-methyl/N-ethyl adjacent to an activating group) is 1. The Labute approximate surface area is 99.3 Å². The number of hydrogen-bond donors (Lipinski definition) is 1. The predicted octanol–water partition coefficient (Wildman–Crippen LogP) is 0.579. The van der Waals surface area contributed by atoms with Crippen molar-refractivity contribution in [1.82, 2.24) is 10.2 Å². The molecule has 0 aromatic rings. The van der Waals surface area contributed by atoms with Crippen LogP contribution in [0.4, 0.5) is 0 Å². The van der Waals surface area contributed by atoms with Crippen LogP contribution in [0.15, 0.2) is 0 Å². The lowest BCUT2D eigenvalue weighted by molar-refractivity contribution is 0.0372. The van der Waals surface area contributed by atoms with Crippen molar-refractivity contribution in [3.63, 3.8) is 0 Å². The summed E-state index contributed by atoms with van der Waals surface area (Å²) in [6.07, 6.45) is 2.57. The molecule has 2 unspecified atom stereocenters. The maximum absolute atomic E-state index is 5.29. The van der Waals surface area contributed by atoms with E-state index in [0.29, 0.717) is 12.0 Å². The van der Waals surface area contributed by atoms with Gasteiger partial charge in [0.2, 0.25) is 0 Å². The van der Waals surface area contributed by atoms with Crippen molar-refractivity contribution in [2.24, 2.45) is 5.92 Å². The number of piperidine rings is 1. The number of methoxy groups -OCH3 is 2. The zero-order valence-corrected chi connectivity index (χ0v) is 10.9. The van der Waals surface area contributed by atoms with E-state index in [0.717, 1.165) is 26.3 Å². The Bertz CT molecular complexity index is 170. The number of ether oxygens (including phenoxy) is 2. The predicted molar refractivity (Wildman–Crippen MR) is 65.8 cm³/mol. The summed E-state index contributed by atoms with van der Waals surface area (Å²) >= 11 is 0. The van der Waals surface area contributed by atoms with E-state index in [1.807, 2.05) is 7.05 Å². The molecule has 0 aliphatic carbocycles. The third-order valence-electron chi connectivity index (χ3n) is 3.27. The zero-order valence-electron chi connectivity index (χ0n) is 10.9. The fourth-order valence-corrected chi connectivity index (χ4v) is 2.52. The van der Waals surface area contributed by atoms with Crippen molar-refractivity contribution in [3.05, 3.63) is 0 Å². The van der Waals surface area contributed by atoms with Crippen molar-refractivity contribution < 1.29 is 9.47 Å². The van der Waals surface area contributed by atoms with Crippen molar-refractivity contribution in [2.75, 3.05) is 54.1 Å². The van der Waals surface area contributed by atoms with Gasteiger partial charge in [-0.1, -0.05) is 0 Å². The van der Waals surface area contributed by atoms with Gasteiger partial charge >= 0.3 is 0 Å². The van der Waals surface area contributed by atoms with Crippen LogP contribution in [0.2, 0.25) is 0 Å². The minimum absolute atomic E-state index is 0.495. The number of nitrogens with zero attached hydrogens (tertiary/aromatic N) is 1. The van der Waals surface area contributed by atoms with Crippen molar-refractivity contribution in [2.45, 2.75) is 18.9 Å². The molecule has 16 heavy (non-hydrogen) atoms. The van der Waals surface area contributed by atoms with E-state index in [1.54, 1.807) is 14.2 Å². The largest absolute Gasteiger partial charge is 0.384 e. The van der Waals surface area contributed by atoms with Gasteiger partial charge in [-0.3, -0.25) is 4.90 Å². The SMILES string of the molecule is CNCC(COC)N1CCCC(COC)C1. The van der Waals surface area contributed by atoms with E-state index in [2.05, 4.69) is 10.2 Å². The maximum atomic E-state index is 5.29. The lowest BCUT2D eigenvalue weighted by atomic mass is 9.97. The normalized spacial score (nSPS) is 24.6. The third-order valence-corrected chi connectivity index (χ3v) is 3.27. The number of nitrogens with one attached hydrogen (secondary N) is 1. The molecule has 0 saturated carbocycles. The van der Waals surface area contributed by atoms with Gasteiger partial charge in [0.1, 0.15) is 0 Å². The fourth-order valence-electron chi connectivity index (χ4n) is 2.52. The van der Waals surface area contributed by atoms with E-state index in [4.69, 9.17) is 9.47 Å². The fraction of sp³-hybridized carbons (Fsp3) is 1.00. The molecule has 1 heterocycles. The molecule has 1 fully saturated rings. The van der Waals surface area contributed by atoms with Crippen LogP contribution in [0.1, 0.15) is 12.8 Å². The quantitative estimate of drug-likeness (QED) is 0.694. The number of hydrogen-bond acceptors (Lipinski definition) is 4. The first kappa shape index (κ1) is 13.9. The minimum atomic E-state index is 0.495. The van der Waals surface area contributed by atoms with Crippen molar-refractivity contribution in [3.8, 4) is 0 Å². The van der Waals surface area contributed by atoms with E-state index in [1.165, 1.54) is 19.4 Å². The highest BCUT2D eigenvalue weighted by molar-refractivity contribution is 4.80. The summed E-state index contributed by atoms with van der Waals surface area (Å²) < 4.78 is 10.5. The molecule has 0 amide bonds. The van der Waals surface area contributed by atoms with Crippen molar-refractivity contribution in [1.29, 1.82) is 0 Å². The highest BCUT2D eigenvalue weighted by Crippen LogP contribution is 2.18. The van der Waals surface area contributed by atoms with Crippen LogP contribution in [0.3, 0.4) is 0 Å². The van der Waals surface area contributed by atoms with Crippen LogP contribution >= 0.6 is 0 Å². The minimum Gasteiger partial charge on any atom is -0.384 e. The first-order chi connectivity index (χ1) is 7.81. The van der Waals surface area contributed by atoms with Gasteiger partial charge in [0, 0.05) is 33.4 Å². The summed E-state index contributed by atoms with van der Waals surface area (Å²) in [5.41, 5.74) is 0. The first-order valence-corrected chi connectivity index (χ1v) is 6.18. The summed E-state index contributed by atoms with van der Waals surface area (Å²) in [6, 6.07) is 0.495.